The SMILES string of the molecule is O=S(=O)(NCC1=NN(c2ccc(Cl)cc2Cl)C(c2ccc(Cl)cc2)C1)c1ccc(F)cc1F. The van der Waals surface area contributed by atoms with Crippen molar-refractivity contribution in [2.24, 2.45) is 5.10 Å². The van der Waals surface area contributed by atoms with Crippen molar-refractivity contribution in [2.45, 2.75) is 17.4 Å². The molecule has 1 aliphatic heterocycles. The van der Waals surface area contributed by atoms with Crippen LogP contribution >= 0.6 is 34.8 Å². The van der Waals surface area contributed by atoms with E-state index in [0.717, 1.165) is 17.7 Å². The minimum Gasteiger partial charge on any atom is -0.256 e. The molecule has 1 heterocycles. The number of nitrogens with one attached hydrogen (secondary N) is 1. The van der Waals surface area contributed by atoms with E-state index in [1.165, 1.54) is 0 Å². The van der Waals surface area contributed by atoms with E-state index in [2.05, 4.69) is 9.82 Å². The van der Waals surface area contributed by atoms with Gasteiger partial charge in [-0.1, -0.05) is 46.9 Å². The standard InChI is InChI=1S/C22H16Cl3F2N3O2S/c23-14-3-1-13(2-4-14)21-11-17(29-30(21)20-7-5-15(24)9-18(20)25)12-28-33(31,32)22-8-6-16(26)10-19(22)27/h1-10,21,28H,11-12H2. The summed E-state index contributed by atoms with van der Waals surface area (Å²) in [6.45, 7) is -0.176. The number of hydrazone groups is 1. The molecule has 0 bridgehead atoms. The molecule has 4 rings (SSSR count). The molecule has 0 saturated heterocycles. The third-order valence-corrected chi connectivity index (χ3v) is 7.26. The van der Waals surface area contributed by atoms with Gasteiger partial charge in [-0.15, -0.1) is 0 Å². The lowest BCUT2D eigenvalue weighted by atomic mass is 10.0. The van der Waals surface area contributed by atoms with Crippen molar-refractivity contribution in [1.29, 1.82) is 0 Å². The largest absolute Gasteiger partial charge is 0.256 e. The molecule has 1 atom stereocenters. The average Bonchev–Trinajstić information content (AvgIpc) is 3.16. The van der Waals surface area contributed by atoms with Crippen LogP contribution < -0.4 is 9.73 Å². The van der Waals surface area contributed by atoms with E-state index in [4.69, 9.17) is 34.8 Å². The van der Waals surface area contributed by atoms with Crippen molar-refractivity contribution in [3.05, 3.63) is 92.9 Å². The van der Waals surface area contributed by atoms with Gasteiger partial charge in [-0.25, -0.2) is 21.9 Å². The molecule has 0 radical (unpaired) electrons. The summed E-state index contributed by atoms with van der Waals surface area (Å²) in [6.07, 6.45) is 0.370. The summed E-state index contributed by atoms with van der Waals surface area (Å²) in [5.41, 5.74) is 1.96. The first-order chi connectivity index (χ1) is 15.6. The topological polar surface area (TPSA) is 61.8 Å². The summed E-state index contributed by atoms with van der Waals surface area (Å²) in [5, 5.41) is 7.67. The fourth-order valence-corrected chi connectivity index (χ4v) is 5.16. The molecule has 1 unspecified atom stereocenters. The molecular weight excluding hydrogens is 515 g/mol. The van der Waals surface area contributed by atoms with Crippen LogP contribution in [-0.2, 0) is 10.0 Å². The van der Waals surface area contributed by atoms with Crippen LogP contribution in [0, 0.1) is 11.6 Å². The molecule has 1 N–H and O–H groups in total. The summed E-state index contributed by atoms with van der Waals surface area (Å²) in [4.78, 5) is -0.644. The van der Waals surface area contributed by atoms with Crippen LogP contribution in [0.2, 0.25) is 15.1 Å². The first kappa shape index (κ1) is 23.9. The van der Waals surface area contributed by atoms with Crippen LogP contribution in [0.1, 0.15) is 18.0 Å². The minimum absolute atomic E-state index is 0.176. The van der Waals surface area contributed by atoms with Crippen LogP contribution in [0.15, 0.2) is 70.7 Å². The molecular formula is C22H16Cl3F2N3O2S. The van der Waals surface area contributed by atoms with Gasteiger partial charge < -0.3 is 0 Å². The van der Waals surface area contributed by atoms with Gasteiger partial charge in [-0.05, 0) is 48.0 Å². The van der Waals surface area contributed by atoms with Gasteiger partial charge in [-0.2, -0.15) is 5.10 Å². The maximum absolute atomic E-state index is 14.0. The molecule has 1 aliphatic rings. The van der Waals surface area contributed by atoms with E-state index in [0.29, 0.717) is 39.0 Å². The van der Waals surface area contributed by atoms with Gasteiger partial charge in [0, 0.05) is 22.5 Å². The predicted molar refractivity (Wildman–Crippen MR) is 127 cm³/mol. The van der Waals surface area contributed by atoms with Crippen LogP contribution in [0.5, 0.6) is 0 Å². The first-order valence-electron chi connectivity index (χ1n) is 9.65. The van der Waals surface area contributed by atoms with Gasteiger partial charge in [0.15, 0.2) is 0 Å². The van der Waals surface area contributed by atoms with E-state index < -0.39 is 26.6 Å². The Morgan fingerprint density at radius 2 is 1.67 bits per heavy atom. The maximum atomic E-state index is 14.0. The van der Waals surface area contributed by atoms with Crippen molar-refractivity contribution in [3.63, 3.8) is 0 Å². The number of halogens is 5. The number of nitrogens with zero attached hydrogens (tertiary/aromatic N) is 2. The third kappa shape index (κ3) is 5.31. The number of hydrogen-bond donors (Lipinski definition) is 1. The van der Waals surface area contributed by atoms with Crippen LogP contribution in [-0.4, -0.2) is 20.7 Å². The molecule has 33 heavy (non-hydrogen) atoms. The second-order valence-corrected chi connectivity index (χ2v) is 10.3. The molecule has 11 heteroatoms. The van der Waals surface area contributed by atoms with E-state index in [-0.39, 0.29) is 12.6 Å². The van der Waals surface area contributed by atoms with Crippen molar-refractivity contribution in [3.8, 4) is 0 Å². The van der Waals surface area contributed by atoms with Crippen molar-refractivity contribution >= 4 is 56.2 Å². The lowest BCUT2D eigenvalue weighted by Gasteiger charge is -2.25. The van der Waals surface area contributed by atoms with Gasteiger partial charge in [0.25, 0.3) is 0 Å². The molecule has 0 amide bonds. The lowest BCUT2D eigenvalue weighted by Crippen LogP contribution is -2.29. The summed E-state index contributed by atoms with van der Waals surface area (Å²) in [7, 11) is -4.23. The minimum atomic E-state index is -4.23. The number of benzene rings is 3. The molecule has 0 fully saturated rings. The van der Waals surface area contributed by atoms with E-state index in [9.17, 15) is 17.2 Å². The molecule has 3 aromatic rings. The molecule has 172 valence electrons. The van der Waals surface area contributed by atoms with Gasteiger partial charge in [0.1, 0.15) is 16.5 Å². The Balaban J connectivity index is 1.62. The molecule has 0 aromatic heterocycles. The van der Waals surface area contributed by atoms with Crippen molar-refractivity contribution in [1.82, 2.24) is 4.72 Å². The summed E-state index contributed by atoms with van der Waals surface area (Å²) in [6, 6.07) is 14.2. The Kier molecular flexibility index (Phi) is 6.93. The monoisotopic (exact) mass is 529 g/mol. The molecule has 0 saturated carbocycles. The summed E-state index contributed by atoms with van der Waals surface area (Å²) in [5.74, 6) is -2.04. The van der Waals surface area contributed by atoms with E-state index in [1.807, 2.05) is 12.1 Å². The fourth-order valence-electron chi connectivity index (χ4n) is 3.46. The Labute approximate surface area is 204 Å². The molecule has 0 aliphatic carbocycles. The van der Waals surface area contributed by atoms with E-state index >= 15 is 0 Å². The average molecular weight is 531 g/mol. The molecule has 5 nitrogen and oxygen atoms in total. The Bertz CT molecular complexity index is 1340. The number of rotatable bonds is 6. The van der Waals surface area contributed by atoms with Gasteiger partial charge in [0.2, 0.25) is 10.0 Å². The normalized spacial score (nSPS) is 16.2. The van der Waals surface area contributed by atoms with Crippen LogP contribution in [0.3, 0.4) is 0 Å². The zero-order valence-electron chi connectivity index (χ0n) is 16.8. The number of anilines is 1. The number of hydrogen-bond acceptors (Lipinski definition) is 4. The fraction of sp³-hybridized carbons (Fsp3) is 0.136. The first-order valence-corrected chi connectivity index (χ1v) is 12.3. The summed E-state index contributed by atoms with van der Waals surface area (Å²) < 4.78 is 54.6. The lowest BCUT2D eigenvalue weighted by molar-refractivity contribution is 0.545. The molecule has 3 aromatic carbocycles. The second-order valence-electron chi connectivity index (χ2n) is 7.28. The number of sulfonamides is 1. The quantitative estimate of drug-likeness (QED) is 0.412. The van der Waals surface area contributed by atoms with E-state index in [1.54, 1.807) is 35.3 Å². The van der Waals surface area contributed by atoms with Gasteiger partial charge in [0.05, 0.1) is 29.0 Å². The molecule has 0 spiro atoms. The summed E-state index contributed by atoms with van der Waals surface area (Å²) >= 11 is 18.4. The highest BCUT2D eigenvalue weighted by Crippen LogP contribution is 2.39. The Hall–Kier alpha value is -2.23. The third-order valence-electron chi connectivity index (χ3n) is 5.03. The second kappa shape index (κ2) is 9.56. The van der Waals surface area contributed by atoms with Crippen LogP contribution in [0.25, 0.3) is 0 Å². The predicted octanol–water partition coefficient (Wildman–Crippen LogP) is 6.21. The van der Waals surface area contributed by atoms with Crippen LogP contribution in [0.4, 0.5) is 14.5 Å². The highest BCUT2D eigenvalue weighted by Gasteiger charge is 2.31. The van der Waals surface area contributed by atoms with Crippen molar-refractivity contribution < 1.29 is 17.2 Å². The van der Waals surface area contributed by atoms with Gasteiger partial charge in [-0.3, -0.25) is 5.01 Å². The zero-order chi connectivity index (χ0) is 23.8. The Morgan fingerprint density at radius 1 is 0.970 bits per heavy atom. The Morgan fingerprint density at radius 3 is 2.33 bits per heavy atom. The smallest absolute Gasteiger partial charge is 0.243 e. The zero-order valence-corrected chi connectivity index (χ0v) is 19.9. The maximum Gasteiger partial charge on any atom is 0.243 e. The van der Waals surface area contributed by atoms with Crippen molar-refractivity contribution in [2.75, 3.05) is 11.6 Å². The highest BCUT2D eigenvalue weighted by atomic mass is 35.5. The highest BCUT2D eigenvalue weighted by molar-refractivity contribution is 7.89. The van der Waals surface area contributed by atoms with Gasteiger partial charge >= 0.3 is 0 Å².